The zero-order valence-corrected chi connectivity index (χ0v) is 22.6. The fraction of sp³-hybridized carbons (Fsp3) is 0.333. The van der Waals surface area contributed by atoms with Gasteiger partial charge in [-0.05, 0) is 73.8 Å². The highest BCUT2D eigenvalue weighted by molar-refractivity contribution is 6.30. The fourth-order valence-electron chi connectivity index (χ4n) is 4.62. The Hall–Kier alpha value is -3.75. The Balaban J connectivity index is 1.28. The number of imidazole rings is 1. The highest BCUT2D eigenvalue weighted by Crippen LogP contribution is 2.29. The number of aliphatic carboxylic acids is 1. The largest absolute Gasteiger partial charge is 0.490 e. The van der Waals surface area contributed by atoms with Gasteiger partial charge in [-0.15, -0.1) is 0 Å². The van der Waals surface area contributed by atoms with Gasteiger partial charge in [0, 0.05) is 30.6 Å². The van der Waals surface area contributed by atoms with Crippen molar-refractivity contribution < 1.29 is 24.1 Å². The van der Waals surface area contributed by atoms with E-state index in [0.29, 0.717) is 29.5 Å². The van der Waals surface area contributed by atoms with Crippen molar-refractivity contribution >= 4 is 28.6 Å². The summed E-state index contributed by atoms with van der Waals surface area (Å²) in [6.07, 6.45) is 2.61. The van der Waals surface area contributed by atoms with Crippen molar-refractivity contribution in [3.05, 3.63) is 82.6 Å². The van der Waals surface area contributed by atoms with Crippen LogP contribution < -0.4 is 19.5 Å². The molecule has 1 aromatic heterocycles. The second kappa shape index (κ2) is 12.4. The third kappa shape index (κ3) is 7.02. The van der Waals surface area contributed by atoms with Gasteiger partial charge in [-0.25, -0.2) is 4.98 Å². The van der Waals surface area contributed by atoms with E-state index in [0.717, 1.165) is 59.7 Å². The zero-order valence-electron chi connectivity index (χ0n) is 21.9. The van der Waals surface area contributed by atoms with Crippen LogP contribution in [0.5, 0.6) is 17.2 Å². The van der Waals surface area contributed by atoms with Gasteiger partial charge < -0.3 is 29.2 Å². The molecule has 8 nitrogen and oxygen atoms in total. The molecule has 0 radical (unpaired) electrons. The number of nitrogens with zero attached hydrogens (tertiary/aromatic N) is 2. The Bertz CT molecular complexity index is 1430. The molecular formula is C30H32ClN3O5. The number of aryl methyl sites for hydroxylation is 2. The minimum Gasteiger partial charge on any atom is -0.490 e. The van der Waals surface area contributed by atoms with E-state index in [1.54, 1.807) is 6.07 Å². The number of carbonyl (C=O) groups is 1. The van der Waals surface area contributed by atoms with E-state index in [2.05, 4.69) is 5.32 Å². The summed E-state index contributed by atoms with van der Waals surface area (Å²) < 4.78 is 20.4. The lowest BCUT2D eigenvalue weighted by molar-refractivity contribution is -0.136. The van der Waals surface area contributed by atoms with E-state index < -0.39 is 5.97 Å². The summed E-state index contributed by atoms with van der Waals surface area (Å²) in [5.41, 5.74) is 3.63. The smallest absolute Gasteiger partial charge is 0.303 e. The molecule has 0 atom stereocenters. The molecule has 204 valence electrons. The van der Waals surface area contributed by atoms with Crippen molar-refractivity contribution in [2.75, 3.05) is 13.1 Å². The number of nitrogens with one attached hydrogen (secondary N) is 1. The first kappa shape index (κ1) is 26.8. The number of ether oxygens (including phenoxy) is 3. The van der Waals surface area contributed by atoms with Crippen molar-refractivity contribution in [2.45, 2.75) is 45.0 Å². The summed E-state index contributed by atoms with van der Waals surface area (Å²) in [6.45, 7) is 2.55. The molecule has 0 unspecified atom stereocenters. The average molecular weight is 550 g/mol. The molecular weight excluding hydrogens is 518 g/mol. The molecule has 0 saturated carbocycles. The monoisotopic (exact) mass is 549 g/mol. The van der Waals surface area contributed by atoms with Crippen molar-refractivity contribution in [2.24, 2.45) is 7.05 Å². The lowest BCUT2D eigenvalue weighted by Crippen LogP contribution is -2.34. The minimum atomic E-state index is -0.856. The van der Waals surface area contributed by atoms with E-state index in [-0.39, 0.29) is 19.1 Å². The van der Waals surface area contributed by atoms with Crippen LogP contribution in [0.4, 0.5) is 0 Å². The van der Waals surface area contributed by atoms with Gasteiger partial charge in [-0.2, -0.15) is 0 Å². The van der Waals surface area contributed by atoms with Gasteiger partial charge in [0.25, 0.3) is 0 Å². The number of rotatable bonds is 11. The number of halogens is 1. The maximum absolute atomic E-state index is 11.2. The van der Waals surface area contributed by atoms with Crippen LogP contribution >= 0.6 is 11.6 Å². The number of piperidine rings is 1. The quantitative estimate of drug-likeness (QED) is 0.254. The Labute approximate surface area is 232 Å². The molecule has 4 aromatic rings. The topological polar surface area (TPSA) is 94.8 Å². The summed E-state index contributed by atoms with van der Waals surface area (Å²) in [4.78, 5) is 15.9. The molecule has 39 heavy (non-hydrogen) atoms. The van der Waals surface area contributed by atoms with E-state index >= 15 is 0 Å². The highest BCUT2D eigenvalue weighted by Gasteiger charge is 2.16. The van der Waals surface area contributed by atoms with Gasteiger partial charge in [-0.3, -0.25) is 4.79 Å². The molecule has 1 aliphatic heterocycles. The summed E-state index contributed by atoms with van der Waals surface area (Å²) in [5.74, 6) is 1.98. The number of hydrogen-bond donors (Lipinski definition) is 2. The Kier molecular flexibility index (Phi) is 8.54. The molecule has 9 heteroatoms. The van der Waals surface area contributed by atoms with Crippen LogP contribution in [0, 0.1) is 0 Å². The first-order valence-electron chi connectivity index (χ1n) is 13.1. The van der Waals surface area contributed by atoms with Crippen molar-refractivity contribution in [1.29, 1.82) is 0 Å². The third-order valence-corrected chi connectivity index (χ3v) is 7.11. The van der Waals surface area contributed by atoms with Gasteiger partial charge in [0.1, 0.15) is 42.4 Å². The molecule has 3 aromatic carbocycles. The van der Waals surface area contributed by atoms with Gasteiger partial charge in [0.15, 0.2) is 0 Å². The van der Waals surface area contributed by atoms with Crippen molar-refractivity contribution in [1.82, 2.24) is 14.9 Å². The Morgan fingerprint density at radius 2 is 1.79 bits per heavy atom. The SMILES string of the molecule is Cn1c(COc2ccc(CCC(=O)O)c(OCc3ccc(Cl)cc3)c2)nc2ccc(OC3CCNCC3)cc21. The lowest BCUT2D eigenvalue weighted by atomic mass is 10.1. The van der Waals surface area contributed by atoms with Crippen LogP contribution in [-0.2, 0) is 31.5 Å². The van der Waals surface area contributed by atoms with E-state index in [1.807, 2.05) is 66.2 Å². The number of carboxylic acid groups (broad SMARTS) is 1. The number of fused-ring (bicyclic) bond motifs is 1. The highest BCUT2D eigenvalue weighted by atomic mass is 35.5. The molecule has 5 rings (SSSR count). The van der Waals surface area contributed by atoms with Crippen LogP contribution in [-0.4, -0.2) is 39.8 Å². The van der Waals surface area contributed by atoms with Crippen LogP contribution in [0.15, 0.2) is 60.7 Å². The van der Waals surface area contributed by atoms with Crippen molar-refractivity contribution in [3.8, 4) is 17.2 Å². The number of carboxylic acids is 1. The fourth-order valence-corrected chi connectivity index (χ4v) is 4.75. The Morgan fingerprint density at radius 3 is 2.56 bits per heavy atom. The number of aromatic nitrogens is 2. The first-order chi connectivity index (χ1) is 18.9. The maximum Gasteiger partial charge on any atom is 0.303 e. The lowest BCUT2D eigenvalue weighted by Gasteiger charge is -2.23. The minimum absolute atomic E-state index is 0.0146. The summed E-state index contributed by atoms with van der Waals surface area (Å²) >= 11 is 5.99. The van der Waals surface area contributed by atoms with E-state index in [1.165, 1.54) is 0 Å². The van der Waals surface area contributed by atoms with Gasteiger partial charge >= 0.3 is 5.97 Å². The van der Waals surface area contributed by atoms with Crippen LogP contribution in [0.2, 0.25) is 5.02 Å². The average Bonchev–Trinajstić information content (AvgIpc) is 3.26. The predicted molar refractivity (Wildman–Crippen MR) is 150 cm³/mol. The number of hydrogen-bond acceptors (Lipinski definition) is 6. The van der Waals surface area contributed by atoms with Gasteiger partial charge in [0.05, 0.1) is 11.0 Å². The van der Waals surface area contributed by atoms with E-state index in [9.17, 15) is 4.79 Å². The molecule has 0 amide bonds. The summed E-state index contributed by atoms with van der Waals surface area (Å²) in [5, 5.41) is 13.2. The molecule has 1 saturated heterocycles. The second-order valence-electron chi connectivity index (χ2n) is 9.67. The van der Waals surface area contributed by atoms with Crippen LogP contribution in [0.1, 0.15) is 36.2 Å². The molecule has 0 bridgehead atoms. The second-order valence-corrected chi connectivity index (χ2v) is 10.1. The van der Waals surface area contributed by atoms with Gasteiger partial charge in [-0.1, -0.05) is 29.8 Å². The maximum atomic E-state index is 11.2. The third-order valence-electron chi connectivity index (χ3n) is 6.86. The van der Waals surface area contributed by atoms with Gasteiger partial charge in [0.2, 0.25) is 0 Å². The molecule has 1 aliphatic rings. The standard InChI is InChI=1S/C30H32ClN3O5/c1-34-27-16-25(39-23-12-14-32-15-13-23)9-10-26(27)33-29(34)19-37-24-8-4-21(5-11-30(35)36)28(17-24)38-18-20-2-6-22(31)7-3-20/h2-4,6-10,16-17,23,32H,5,11-15,18-19H2,1H3,(H,35,36). The normalized spacial score (nSPS) is 13.9. The van der Waals surface area contributed by atoms with E-state index in [4.69, 9.17) is 35.9 Å². The predicted octanol–water partition coefficient (Wildman–Crippen LogP) is 5.53. The molecule has 1 fully saturated rings. The first-order valence-corrected chi connectivity index (χ1v) is 13.5. The molecule has 0 aliphatic carbocycles. The Morgan fingerprint density at radius 1 is 1.03 bits per heavy atom. The molecule has 2 N–H and O–H groups in total. The molecule has 0 spiro atoms. The van der Waals surface area contributed by atoms with Crippen molar-refractivity contribution in [3.63, 3.8) is 0 Å². The summed E-state index contributed by atoms with van der Waals surface area (Å²) in [7, 11) is 1.97. The zero-order chi connectivity index (χ0) is 27.2. The summed E-state index contributed by atoms with van der Waals surface area (Å²) in [6, 6.07) is 18.9. The number of benzene rings is 3. The van der Waals surface area contributed by atoms with Crippen LogP contribution in [0.3, 0.4) is 0 Å². The molecule has 2 heterocycles. The van der Waals surface area contributed by atoms with Crippen LogP contribution in [0.25, 0.3) is 11.0 Å².